The molecule has 0 radical (unpaired) electrons. The normalized spacial score (nSPS) is 13.5. The highest BCUT2D eigenvalue weighted by Gasteiger charge is 2.16. The summed E-state index contributed by atoms with van der Waals surface area (Å²) in [7, 11) is 0. The van der Waals surface area contributed by atoms with Gasteiger partial charge in [0.25, 0.3) is 0 Å². The highest BCUT2D eigenvalue weighted by molar-refractivity contribution is 7.80. The predicted molar refractivity (Wildman–Crippen MR) is 125 cm³/mol. The van der Waals surface area contributed by atoms with Crippen LogP contribution in [0.25, 0.3) is 17.4 Å². The van der Waals surface area contributed by atoms with Crippen LogP contribution in [-0.2, 0) is 4.79 Å². The van der Waals surface area contributed by atoms with Crippen molar-refractivity contribution in [3.63, 3.8) is 0 Å². The van der Waals surface area contributed by atoms with Gasteiger partial charge in [-0.05, 0) is 55.4 Å². The van der Waals surface area contributed by atoms with Crippen LogP contribution in [0.4, 0.5) is 11.4 Å². The fraction of sp³-hybridized carbons (Fsp3) is 0.167. The van der Waals surface area contributed by atoms with E-state index in [9.17, 15) is 4.79 Å². The summed E-state index contributed by atoms with van der Waals surface area (Å²) in [5.74, 6) is 1.04. The number of carbonyl (C=O) groups excluding carboxylic acids is 1. The summed E-state index contributed by atoms with van der Waals surface area (Å²) in [6, 6.07) is 21.5. The number of amides is 1. The molecule has 1 aliphatic heterocycles. The maximum atomic E-state index is 12.3. The second kappa shape index (κ2) is 9.41. The molecule has 1 amide bonds. The lowest BCUT2D eigenvalue weighted by Gasteiger charge is -2.22. The highest BCUT2D eigenvalue weighted by Crippen LogP contribution is 2.28. The Morgan fingerprint density at radius 3 is 2.50 bits per heavy atom. The highest BCUT2D eigenvalue weighted by atomic mass is 32.1. The zero-order chi connectivity index (χ0) is 20.8. The van der Waals surface area contributed by atoms with Crippen LogP contribution >= 0.6 is 12.2 Å². The van der Waals surface area contributed by atoms with Gasteiger partial charge in [-0.3, -0.25) is 10.1 Å². The molecule has 0 saturated carbocycles. The molecule has 1 aliphatic rings. The van der Waals surface area contributed by atoms with Gasteiger partial charge in [-0.25, -0.2) is 0 Å². The van der Waals surface area contributed by atoms with Crippen molar-refractivity contribution in [1.29, 1.82) is 0 Å². The second-order valence-electron chi connectivity index (χ2n) is 7.06. The molecule has 30 heavy (non-hydrogen) atoms. The molecule has 2 N–H and O–H groups in total. The van der Waals surface area contributed by atoms with Crippen LogP contribution in [0.1, 0.15) is 18.6 Å². The number of rotatable bonds is 5. The lowest BCUT2D eigenvalue weighted by Crippen LogP contribution is -2.33. The molecule has 0 unspecified atom stereocenters. The summed E-state index contributed by atoms with van der Waals surface area (Å²) >= 11 is 5.33. The Morgan fingerprint density at radius 1 is 0.967 bits per heavy atom. The van der Waals surface area contributed by atoms with Gasteiger partial charge in [0.05, 0.1) is 11.4 Å². The largest absolute Gasteiger partial charge is 0.457 e. The summed E-state index contributed by atoms with van der Waals surface area (Å²) in [4.78, 5) is 14.6. The van der Waals surface area contributed by atoms with Crippen LogP contribution in [0, 0.1) is 0 Å². The van der Waals surface area contributed by atoms with Crippen LogP contribution < -0.4 is 15.5 Å². The van der Waals surface area contributed by atoms with Crippen molar-refractivity contribution in [1.82, 2.24) is 5.32 Å². The predicted octanol–water partition coefficient (Wildman–Crippen LogP) is 5.07. The molecule has 5 nitrogen and oxygen atoms in total. The number of thiocarbonyl (C=S) groups is 1. The van der Waals surface area contributed by atoms with Crippen molar-refractivity contribution < 1.29 is 9.21 Å². The number of hydrogen-bond donors (Lipinski definition) is 2. The minimum atomic E-state index is -0.316. The van der Waals surface area contributed by atoms with Gasteiger partial charge >= 0.3 is 0 Å². The summed E-state index contributed by atoms with van der Waals surface area (Å²) in [6.45, 7) is 2.07. The van der Waals surface area contributed by atoms with Gasteiger partial charge < -0.3 is 14.6 Å². The van der Waals surface area contributed by atoms with Gasteiger partial charge in [-0.15, -0.1) is 0 Å². The molecule has 2 heterocycles. The van der Waals surface area contributed by atoms with Gasteiger partial charge in [0.2, 0.25) is 5.91 Å². The Bertz CT molecular complexity index is 1050. The number of para-hydroxylation sites is 2. The van der Waals surface area contributed by atoms with Crippen LogP contribution in [0.3, 0.4) is 0 Å². The van der Waals surface area contributed by atoms with E-state index in [1.807, 2.05) is 60.7 Å². The molecule has 3 aromatic rings. The van der Waals surface area contributed by atoms with Gasteiger partial charge in [-0.2, -0.15) is 0 Å². The summed E-state index contributed by atoms with van der Waals surface area (Å²) in [5.41, 5.74) is 2.99. The van der Waals surface area contributed by atoms with E-state index in [4.69, 9.17) is 16.6 Å². The number of nitrogens with zero attached hydrogens (tertiary/aromatic N) is 1. The van der Waals surface area contributed by atoms with Gasteiger partial charge in [0.1, 0.15) is 11.5 Å². The van der Waals surface area contributed by atoms with Crippen LogP contribution in [0.5, 0.6) is 0 Å². The van der Waals surface area contributed by atoms with E-state index in [0.29, 0.717) is 5.76 Å². The molecular formula is C24H23N3O2S. The second-order valence-corrected chi connectivity index (χ2v) is 7.46. The molecule has 0 aliphatic carbocycles. The third-order valence-electron chi connectivity index (χ3n) is 4.92. The van der Waals surface area contributed by atoms with Crippen molar-refractivity contribution >= 4 is 40.7 Å². The Morgan fingerprint density at radius 2 is 1.70 bits per heavy atom. The molecule has 2 aromatic carbocycles. The number of furan rings is 1. The first-order chi connectivity index (χ1) is 14.7. The zero-order valence-electron chi connectivity index (χ0n) is 16.5. The van der Waals surface area contributed by atoms with E-state index in [2.05, 4.69) is 21.6 Å². The Kier molecular flexibility index (Phi) is 6.25. The maximum Gasteiger partial charge on any atom is 0.250 e. The van der Waals surface area contributed by atoms with Crippen molar-refractivity contribution in [2.75, 3.05) is 23.3 Å². The van der Waals surface area contributed by atoms with Gasteiger partial charge in [-0.1, -0.05) is 42.5 Å². The third-order valence-corrected chi connectivity index (χ3v) is 5.12. The molecule has 1 fully saturated rings. The summed E-state index contributed by atoms with van der Waals surface area (Å²) < 4.78 is 5.77. The fourth-order valence-electron chi connectivity index (χ4n) is 3.48. The number of benzene rings is 2. The molecule has 0 atom stereocenters. The topological polar surface area (TPSA) is 57.5 Å². The third kappa shape index (κ3) is 4.96. The SMILES string of the molecule is O=C(/C=C/c1ccc(-c2ccccc2)o1)NC(=S)Nc1ccccc1N1CCCC1. The maximum absolute atomic E-state index is 12.3. The molecule has 6 heteroatoms. The average molecular weight is 418 g/mol. The summed E-state index contributed by atoms with van der Waals surface area (Å²) in [6.07, 6.45) is 5.43. The van der Waals surface area contributed by atoms with E-state index in [0.717, 1.165) is 35.8 Å². The Balaban J connectivity index is 1.35. The Hall–Kier alpha value is -3.38. The lowest BCUT2D eigenvalue weighted by atomic mass is 10.2. The summed E-state index contributed by atoms with van der Waals surface area (Å²) in [5, 5.41) is 6.10. The standard InChI is InChI=1S/C24H23N3O2S/c28-23(15-13-19-12-14-22(29-19)18-8-2-1-3-9-18)26-24(30)25-20-10-4-5-11-21(20)27-16-6-7-17-27/h1-5,8-15H,6-7,16-17H2,(H2,25,26,28,30)/b15-13+. The smallest absolute Gasteiger partial charge is 0.250 e. The van der Waals surface area contributed by atoms with E-state index in [1.165, 1.54) is 18.9 Å². The van der Waals surface area contributed by atoms with Crippen molar-refractivity contribution in [2.24, 2.45) is 0 Å². The first kappa shape index (κ1) is 19.9. The van der Waals surface area contributed by atoms with Crippen molar-refractivity contribution in [3.8, 4) is 11.3 Å². The van der Waals surface area contributed by atoms with Crippen molar-refractivity contribution in [2.45, 2.75) is 12.8 Å². The lowest BCUT2D eigenvalue weighted by molar-refractivity contribution is -0.115. The monoisotopic (exact) mass is 417 g/mol. The Labute approximate surface area is 181 Å². The first-order valence-corrected chi connectivity index (χ1v) is 10.4. The van der Waals surface area contributed by atoms with Crippen molar-refractivity contribution in [3.05, 3.63) is 78.6 Å². The zero-order valence-corrected chi connectivity index (χ0v) is 17.3. The molecule has 1 aromatic heterocycles. The first-order valence-electron chi connectivity index (χ1n) is 9.98. The fourth-order valence-corrected chi connectivity index (χ4v) is 3.69. The minimum absolute atomic E-state index is 0.265. The molecule has 152 valence electrons. The number of carbonyl (C=O) groups is 1. The molecular weight excluding hydrogens is 394 g/mol. The minimum Gasteiger partial charge on any atom is -0.457 e. The van der Waals surface area contributed by atoms with E-state index >= 15 is 0 Å². The van der Waals surface area contributed by atoms with Crippen LogP contribution in [0.15, 0.2) is 77.2 Å². The number of anilines is 2. The van der Waals surface area contributed by atoms with Crippen LogP contribution in [0.2, 0.25) is 0 Å². The van der Waals surface area contributed by atoms with Gasteiger partial charge in [0, 0.05) is 24.7 Å². The van der Waals surface area contributed by atoms with Gasteiger partial charge in [0.15, 0.2) is 5.11 Å². The van der Waals surface area contributed by atoms with Crippen LogP contribution in [-0.4, -0.2) is 24.1 Å². The molecule has 0 bridgehead atoms. The van der Waals surface area contributed by atoms with E-state index in [-0.39, 0.29) is 11.0 Å². The number of hydrogen-bond acceptors (Lipinski definition) is 4. The molecule has 4 rings (SSSR count). The molecule has 0 spiro atoms. The van der Waals surface area contributed by atoms with E-state index < -0.39 is 0 Å². The quantitative estimate of drug-likeness (QED) is 0.448. The number of nitrogens with one attached hydrogen (secondary N) is 2. The average Bonchev–Trinajstić information content (AvgIpc) is 3.46. The molecule has 1 saturated heterocycles. The van der Waals surface area contributed by atoms with E-state index in [1.54, 1.807) is 6.08 Å².